The van der Waals surface area contributed by atoms with Crippen molar-refractivity contribution in [2.24, 2.45) is 0 Å². The summed E-state index contributed by atoms with van der Waals surface area (Å²) in [5.41, 5.74) is 0. The highest BCUT2D eigenvalue weighted by atomic mass is 16.6. The monoisotopic (exact) mass is 212 g/mol. The summed E-state index contributed by atoms with van der Waals surface area (Å²) in [5.74, 6) is -1.18. The molecule has 82 valence electrons. The van der Waals surface area contributed by atoms with E-state index in [9.17, 15) is 9.59 Å². The van der Waals surface area contributed by atoms with Crippen LogP contribution in [0, 0.1) is 0 Å². The van der Waals surface area contributed by atoms with Gasteiger partial charge in [0.2, 0.25) is 0 Å². The van der Waals surface area contributed by atoms with Gasteiger partial charge in [0.15, 0.2) is 0 Å². The van der Waals surface area contributed by atoms with Crippen LogP contribution in [0.15, 0.2) is 24.8 Å². The average molecular weight is 212 g/mol. The third kappa shape index (κ3) is 5.64. The molecule has 1 aliphatic rings. The van der Waals surface area contributed by atoms with Crippen molar-refractivity contribution in [2.45, 2.75) is 6.10 Å². The van der Waals surface area contributed by atoms with E-state index < -0.39 is 11.9 Å². The van der Waals surface area contributed by atoms with E-state index in [1.165, 1.54) is 6.08 Å². The highest BCUT2D eigenvalue weighted by molar-refractivity contribution is 5.91. The van der Waals surface area contributed by atoms with Crippen LogP contribution >= 0.6 is 0 Å². The number of hydrogen-bond donors (Lipinski definition) is 0. The van der Waals surface area contributed by atoms with Gasteiger partial charge in [-0.05, 0) is 0 Å². The molecule has 0 aromatic carbocycles. The maximum Gasteiger partial charge on any atom is 0.331 e. The normalized spacial score (nSPS) is 18.5. The molecule has 1 aliphatic heterocycles. The lowest BCUT2D eigenvalue weighted by Gasteiger charge is -1.97. The highest BCUT2D eigenvalue weighted by Gasteiger charge is 2.23. The van der Waals surface area contributed by atoms with Crippen LogP contribution in [0.5, 0.6) is 0 Å². The van der Waals surface area contributed by atoms with Crippen LogP contribution in [0.3, 0.4) is 0 Å². The van der Waals surface area contributed by atoms with Gasteiger partial charge in [0.25, 0.3) is 0 Å². The Hall–Kier alpha value is -1.62. The van der Waals surface area contributed by atoms with Crippen LogP contribution in [0.25, 0.3) is 0 Å². The van der Waals surface area contributed by atoms with Crippen molar-refractivity contribution >= 4 is 11.9 Å². The van der Waals surface area contributed by atoms with Gasteiger partial charge in [0.1, 0.15) is 19.3 Å². The first kappa shape index (κ1) is 11.5. The summed E-state index contributed by atoms with van der Waals surface area (Å²) in [7, 11) is 0. The molecular weight excluding hydrogens is 200 g/mol. The van der Waals surface area contributed by atoms with E-state index in [1.807, 2.05) is 0 Å². The Morgan fingerprint density at radius 3 is 2.47 bits per heavy atom. The molecule has 0 saturated carbocycles. The second-order valence-electron chi connectivity index (χ2n) is 2.84. The van der Waals surface area contributed by atoms with Crippen molar-refractivity contribution in [1.29, 1.82) is 0 Å². The molecule has 0 radical (unpaired) electrons. The molecule has 1 fully saturated rings. The van der Waals surface area contributed by atoms with Gasteiger partial charge in [0, 0.05) is 12.2 Å². The third-order valence-corrected chi connectivity index (χ3v) is 1.51. The zero-order valence-electron chi connectivity index (χ0n) is 8.18. The molecule has 1 heterocycles. The molecule has 0 amide bonds. The predicted molar refractivity (Wildman–Crippen MR) is 51.0 cm³/mol. The Balaban J connectivity index is 2.13. The summed E-state index contributed by atoms with van der Waals surface area (Å²) in [6.45, 7) is 4.35. The first-order valence-corrected chi connectivity index (χ1v) is 4.46. The van der Waals surface area contributed by atoms with Crippen molar-refractivity contribution in [3.63, 3.8) is 0 Å². The summed E-state index contributed by atoms with van der Waals surface area (Å²) < 4.78 is 14.2. The van der Waals surface area contributed by atoms with Crippen LogP contribution < -0.4 is 0 Å². The van der Waals surface area contributed by atoms with E-state index in [0.717, 1.165) is 12.2 Å². The zero-order chi connectivity index (χ0) is 11.1. The van der Waals surface area contributed by atoms with Gasteiger partial charge < -0.3 is 14.2 Å². The van der Waals surface area contributed by atoms with E-state index in [1.54, 1.807) is 0 Å². The standard InChI is InChI=1S/C10H12O5/c1-2-5-13-9(11)3-4-10(12)15-7-8-6-14-8/h2-4,8H,1,5-7H2/b4-3+. The van der Waals surface area contributed by atoms with E-state index in [0.29, 0.717) is 6.61 Å². The molecule has 0 bridgehead atoms. The smallest absolute Gasteiger partial charge is 0.331 e. The maximum atomic E-state index is 11.0. The van der Waals surface area contributed by atoms with E-state index in [4.69, 9.17) is 9.47 Å². The summed E-state index contributed by atoms with van der Waals surface area (Å²) in [5, 5.41) is 0. The zero-order valence-corrected chi connectivity index (χ0v) is 8.18. The first-order valence-electron chi connectivity index (χ1n) is 4.46. The average Bonchev–Trinajstić information content (AvgIpc) is 3.04. The SMILES string of the molecule is C=CCOC(=O)/C=C/C(=O)OCC1CO1. The Labute approximate surface area is 87.3 Å². The molecule has 5 heteroatoms. The van der Waals surface area contributed by atoms with Crippen molar-refractivity contribution in [1.82, 2.24) is 0 Å². The maximum absolute atomic E-state index is 11.0. The summed E-state index contributed by atoms with van der Waals surface area (Å²) >= 11 is 0. The fraction of sp³-hybridized carbons (Fsp3) is 0.400. The predicted octanol–water partition coefficient (Wildman–Crippen LogP) is 0.214. The van der Waals surface area contributed by atoms with E-state index in [-0.39, 0.29) is 19.3 Å². The van der Waals surface area contributed by atoms with Crippen LogP contribution in [-0.2, 0) is 23.8 Å². The molecule has 0 aromatic rings. The summed E-state index contributed by atoms with van der Waals surface area (Å²) in [6.07, 6.45) is 3.50. The summed E-state index contributed by atoms with van der Waals surface area (Å²) in [4.78, 5) is 21.8. The summed E-state index contributed by atoms with van der Waals surface area (Å²) in [6, 6.07) is 0. The largest absolute Gasteiger partial charge is 0.460 e. The Bertz CT molecular complexity index is 278. The molecule has 1 saturated heterocycles. The Morgan fingerprint density at radius 1 is 1.33 bits per heavy atom. The van der Waals surface area contributed by atoms with Gasteiger partial charge in [-0.1, -0.05) is 12.7 Å². The number of rotatable bonds is 6. The number of epoxide rings is 1. The van der Waals surface area contributed by atoms with Crippen molar-refractivity contribution in [2.75, 3.05) is 19.8 Å². The minimum Gasteiger partial charge on any atom is -0.460 e. The van der Waals surface area contributed by atoms with Crippen LogP contribution in [0.4, 0.5) is 0 Å². The number of ether oxygens (including phenoxy) is 3. The molecule has 15 heavy (non-hydrogen) atoms. The fourth-order valence-electron chi connectivity index (χ4n) is 0.713. The second-order valence-corrected chi connectivity index (χ2v) is 2.84. The molecule has 0 N–H and O–H groups in total. The molecule has 0 aromatic heterocycles. The number of carbonyl (C=O) groups excluding carboxylic acids is 2. The minimum atomic E-state index is -0.602. The van der Waals surface area contributed by atoms with Crippen LogP contribution in [0.1, 0.15) is 0 Å². The molecule has 1 atom stereocenters. The Morgan fingerprint density at radius 2 is 1.93 bits per heavy atom. The van der Waals surface area contributed by atoms with Crippen molar-refractivity contribution in [3.05, 3.63) is 24.8 Å². The highest BCUT2D eigenvalue weighted by Crippen LogP contribution is 2.08. The van der Waals surface area contributed by atoms with Gasteiger partial charge in [-0.3, -0.25) is 0 Å². The molecule has 5 nitrogen and oxygen atoms in total. The number of carbonyl (C=O) groups is 2. The first-order chi connectivity index (χ1) is 7.22. The van der Waals surface area contributed by atoms with Crippen LogP contribution in [0.2, 0.25) is 0 Å². The molecule has 0 spiro atoms. The molecular formula is C10H12O5. The van der Waals surface area contributed by atoms with Crippen LogP contribution in [-0.4, -0.2) is 37.9 Å². The van der Waals surface area contributed by atoms with Gasteiger partial charge in [-0.15, -0.1) is 0 Å². The molecule has 1 rings (SSSR count). The van der Waals surface area contributed by atoms with Gasteiger partial charge in [-0.2, -0.15) is 0 Å². The Kier molecular flexibility index (Phi) is 4.56. The van der Waals surface area contributed by atoms with E-state index in [2.05, 4.69) is 11.3 Å². The quantitative estimate of drug-likeness (QED) is 0.272. The van der Waals surface area contributed by atoms with Gasteiger partial charge in [-0.25, -0.2) is 9.59 Å². The topological polar surface area (TPSA) is 65.1 Å². The minimum absolute atomic E-state index is 0.0232. The van der Waals surface area contributed by atoms with Crippen molar-refractivity contribution in [3.8, 4) is 0 Å². The van der Waals surface area contributed by atoms with Gasteiger partial charge in [0.05, 0.1) is 6.61 Å². The van der Waals surface area contributed by atoms with E-state index >= 15 is 0 Å². The third-order valence-electron chi connectivity index (χ3n) is 1.51. The number of hydrogen-bond acceptors (Lipinski definition) is 5. The lowest BCUT2D eigenvalue weighted by molar-refractivity contribution is -0.140. The van der Waals surface area contributed by atoms with Crippen molar-refractivity contribution < 1.29 is 23.8 Å². The number of esters is 2. The molecule has 0 aliphatic carbocycles. The lowest BCUT2D eigenvalue weighted by atomic mass is 10.5. The molecule has 1 unspecified atom stereocenters. The lowest BCUT2D eigenvalue weighted by Crippen LogP contribution is -2.08. The fourth-order valence-corrected chi connectivity index (χ4v) is 0.713. The second kappa shape index (κ2) is 5.98. The van der Waals surface area contributed by atoms with Gasteiger partial charge >= 0.3 is 11.9 Å².